The summed E-state index contributed by atoms with van der Waals surface area (Å²) in [5, 5.41) is 23.5. The molecule has 0 radical (unpaired) electrons. The monoisotopic (exact) mass is 245 g/mol. The van der Waals surface area contributed by atoms with Gasteiger partial charge in [-0.2, -0.15) is 0 Å². The largest absolute Gasteiger partial charge is 0.508 e. The number of carbonyl (C=O) groups is 1. The molecule has 1 amide bonds. The summed E-state index contributed by atoms with van der Waals surface area (Å²) in [6.07, 6.45) is 0. The fourth-order valence-corrected chi connectivity index (χ4v) is 2.14. The van der Waals surface area contributed by atoms with Crippen molar-refractivity contribution >= 4 is 16.7 Å². The minimum Gasteiger partial charge on any atom is -0.508 e. The SMILES string of the molecule is CC(=O)NC(C)c1cccc2c(O)cc(O)cc12. The third-order valence-corrected chi connectivity index (χ3v) is 2.88. The molecule has 0 aliphatic rings. The molecule has 0 saturated heterocycles. The summed E-state index contributed by atoms with van der Waals surface area (Å²) in [7, 11) is 0. The molecule has 18 heavy (non-hydrogen) atoms. The first-order chi connectivity index (χ1) is 8.49. The maximum atomic E-state index is 11.1. The van der Waals surface area contributed by atoms with Crippen LogP contribution in [-0.4, -0.2) is 16.1 Å². The van der Waals surface area contributed by atoms with Crippen LogP contribution in [0.3, 0.4) is 0 Å². The molecular weight excluding hydrogens is 230 g/mol. The fraction of sp³-hybridized carbons (Fsp3) is 0.214. The van der Waals surface area contributed by atoms with E-state index in [1.165, 1.54) is 13.0 Å². The van der Waals surface area contributed by atoms with Crippen LogP contribution in [0.4, 0.5) is 0 Å². The van der Waals surface area contributed by atoms with Gasteiger partial charge < -0.3 is 15.5 Å². The highest BCUT2D eigenvalue weighted by Crippen LogP contribution is 2.33. The van der Waals surface area contributed by atoms with Gasteiger partial charge in [-0.25, -0.2) is 0 Å². The normalized spacial score (nSPS) is 12.3. The Kier molecular flexibility index (Phi) is 3.10. The molecule has 94 valence electrons. The second-order valence-electron chi connectivity index (χ2n) is 4.33. The van der Waals surface area contributed by atoms with Crippen LogP contribution in [0.15, 0.2) is 30.3 Å². The number of fused-ring (bicyclic) bond motifs is 1. The van der Waals surface area contributed by atoms with Gasteiger partial charge in [0, 0.05) is 18.4 Å². The molecule has 0 aliphatic heterocycles. The van der Waals surface area contributed by atoms with Crippen LogP contribution in [0.1, 0.15) is 25.5 Å². The van der Waals surface area contributed by atoms with E-state index in [0.29, 0.717) is 5.39 Å². The third kappa shape index (κ3) is 2.22. The molecule has 2 rings (SSSR count). The van der Waals surface area contributed by atoms with Gasteiger partial charge in [0.2, 0.25) is 5.91 Å². The summed E-state index contributed by atoms with van der Waals surface area (Å²) in [6.45, 7) is 3.31. The van der Waals surface area contributed by atoms with E-state index in [2.05, 4.69) is 5.32 Å². The van der Waals surface area contributed by atoms with Crippen molar-refractivity contribution in [1.29, 1.82) is 0 Å². The van der Waals surface area contributed by atoms with Crippen LogP contribution < -0.4 is 5.32 Å². The Hall–Kier alpha value is -2.23. The van der Waals surface area contributed by atoms with Crippen LogP contribution in [0.2, 0.25) is 0 Å². The average Bonchev–Trinajstić information content (AvgIpc) is 2.27. The molecule has 4 nitrogen and oxygen atoms in total. The van der Waals surface area contributed by atoms with Gasteiger partial charge in [0.15, 0.2) is 0 Å². The lowest BCUT2D eigenvalue weighted by atomic mass is 9.98. The quantitative estimate of drug-likeness (QED) is 0.761. The summed E-state index contributed by atoms with van der Waals surface area (Å²) >= 11 is 0. The van der Waals surface area contributed by atoms with E-state index in [-0.39, 0.29) is 23.4 Å². The Morgan fingerprint density at radius 2 is 1.94 bits per heavy atom. The summed E-state index contributed by atoms with van der Waals surface area (Å²) < 4.78 is 0. The van der Waals surface area contributed by atoms with Crippen molar-refractivity contribution in [3.05, 3.63) is 35.9 Å². The molecule has 0 aliphatic carbocycles. The van der Waals surface area contributed by atoms with Gasteiger partial charge >= 0.3 is 0 Å². The number of phenols is 2. The molecule has 3 N–H and O–H groups in total. The molecular formula is C14H15NO3. The van der Waals surface area contributed by atoms with E-state index < -0.39 is 0 Å². The van der Waals surface area contributed by atoms with Crippen molar-refractivity contribution in [1.82, 2.24) is 5.32 Å². The molecule has 0 heterocycles. The Labute approximate surface area is 105 Å². The first-order valence-corrected chi connectivity index (χ1v) is 5.70. The Morgan fingerprint density at radius 3 is 2.61 bits per heavy atom. The molecule has 0 fully saturated rings. The van der Waals surface area contributed by atoms with Gasteiger partial charge in [-0.15, -0.1) is 0 Å². The Morgan fingerprint density at radius 1 is 1.22 bits per heavy atom. The number of nitrogens with one attached hydrogen (secondary N) is 1. The fourth-order valence-electron chi connectivity index (χ4n) is 2.14. The van der Waals surface area contributed by atoms with Gasteiger partial charge in [-0.05, 0) is 23.9 Å². The lowest BCUT2D eigenvalue weighted by Crippen LogP contribution is -2.23. The van der Waals surface area contributed by atoms with E-state index in [0.717, 1.165) is 10.9 Å². The standard InChI is InChI=1S/C14H15NO3/c1-8(15-9(2)16)11-4-3-5-12-13(11)6-10(17)7-14(12)18/h3-8,17-18H,1-2H3,(H,15,16). The van der Waals surface area contributed by atoms with Crippen molar-refractivity contribution in [2.24, 2.45) is 0 Å². The summed E-state index contributed by atoms with van der Waals surface area (Å²) in [5.74, 6) is -0.0896. The minimum absolute atomic E-state index is 0.00229. The predicted molar refractivity (Wildman–Crippen MR) is 69.5 cm³/mol. The van der Waals surface area contributed by atoms with Crippen LogP contribution >= 0.6 is 0 Å². The van der Waals surface area contributed by atoms with E-state index in [1.807, 2.05) is 19.1 Å². The molecule has 0 spiro atoms. The summed E-state index contributed by atoms with van der Waals surface area (Å²) in [6, 6.07) is 8.15. The highest BCUT2D eigenvalue weighted by Gasteiger charge is 2.12. The van der Waals surface area contributed by atoms with Gasteiger partial charge in [-0.3, -0.25) is 4.79 Å². The number of hydrogen-bond acceptors (Lipinski definition) is 3. The number of hydrogen-bond donors (Lipinski definition) is 3. The van der Waals surface area contributed by atoms with Crippen molar-refractivity contribution in [2.75, 3.05) is 0 Å². The van der Waals surface area contributed by atoms with Gasteiger partial charge in [0.25, 0.3) is 0 Å². The molecule has 0 aromatic heterocycles. The molecule has 1 atom stereocenters. The van der Waals surface area contributed by atoms with Crippen molar-refractivity contribution in [2.45, 2.75) is 19.9 Å². The van der Waals surface area contributed by atoms with Crippen molar-refractivity contribution < 1.29 is 15.0 Å². The minimum atomic E-state index is -0.188. The maximum Gasteiger partial charge on any atom is 0.217 e. The number of amides is 1. The molecule has 0 saturated carbocycles. The number of carbonyl (C=O) groups excluding carboxylic acids is 1. The molecule has 4 heteroatoms. The zero-order chi connectivity index (χ0) is 13.3. The summed E-state index contributed by atoms with van der Waals surface area (Å²) in [5.41, 5.74) is 0.855. The summed E-state index contributed by atoms with van der Waals surface area (Å²) in [4.78, 5) is 11.1. The first kappa shape index (κ1) is 12.2. The third-order valence-electron chi connectivity index (χ3n) is 2.88. The number of benzene rings is 2. The van der Waals surface area contributed by atoms with Crippen LogP contribution in [-0.2, 0) is 4.79 Å². The predicted octanol–water partition coefficient (Wildman–Crippen LogP) is 2.45. The average molecular weight is 245 g/mol. The van der Waals surface area contributed by atoms with E-state index in [4.69, 9.17) is 0 Å². The van der Waals surface area contributed by atoms with E-state index in [9.17, 15) is 15.0 Å². The molecule has 2 aromatic rings. The Bertz CT molecular complexity index is 607. The highest BCUT2D eigenvalue weighted by atomic mass is 16.3. The zero-order valence-electron chi connectivity index (χ0n) is 10.3. The van der Waals surface area contributed by atoms with Crippen LogP contribution in [0.5, 0.6) is 11.5 Å². The number of aromatic hydroxyl groups is 2. The van der Waals surface area contributed by atoms with Crippen molar-refractivity contribution in [3.63, 3.8) is 0 Å². The van der Waals surface area contributed by atoms with Crippen molar-refractivity contribution in [3.8, 4) is 11.5 Å². The second-order valence-corrected chi connectivity index (χ2v) is 4.33. The molecule has 2 aromatic carbocycles. The van der Waals surface area contributed by atoms with Crippen LogP contribution in [0, 0.1) is 0 Å². The smallest absolute Gasteiger partial charge is 0.217 e. The van der Waals surface area contributed by atoms with Gasteiger partial charge in [0.05, 0.1) is 6.04 Å². The number of phenolic OH excluding ortho intramolecular Hbond substituents is 2. The van der Waals surface area contributed by atoms with Crippen LogP contribution in [0.25, 0.3) is 10.8 Å². The first-order valence-electron chi connectivity index (χ1n) is 5.70. The maximum absolute atomic E-state index is 11.1. The van der Waals surface area contributed by atoms with Gasteiger partial charge in [0.1, 0.15) is 11.5 Å². The molecule has 1 unspecified atom stereocenters. The van der Waals surface area contributed by atoms with E-state index in [1.54, 1.807) is 12.1 Å². The molecule has 0 bridgehead atoms. The Balaban J connectivity index is 2.61. The topological polar surface area (TPSA) is 69.6 Å². The van der Waals surface area contributed by atoms with E-state index >= 15 is 0 Å². The number of rotatable bonds is 2. The highest BCUT2D eigenvalue weighted by molar-refractivity contribution is 5.92. The lowest BCUT2D eigenvalue weighted by molar-refractivity contribution is -0.119. The van der Waals surface area contributed by atoms with Gasteiger partial charge in [-0.1, -0.05) is 18.2 Å². The zero-order valence-corrected chi connectivity index (χ0v) is 10.3. The second kappa shape index (κ2) is 4.56. The lowest BCUT2D eigenvalue weighted by Gasteiger charge is -2.16.